The molecule has 2 aromatic carbocycles. The minimum atomic E-state index is -1.04. The highest BCUT2D eigenvalue weighted by atomic mass is 16.5. The van der Waals surface area contributed by atoms with Crippen LogP contribution in [0.1, 0.15) is 46.5 Å². The summed E-state index contributed by atoms with van der Waals surface area (Å²) >= 11 is 0. The molecule has 3 rings (SSSR count). The van der Waals surface area contributed by atoms with Gasteiger partial charge in [0.25, 0.3) is 17.7 Å². The zero-order valence-corrected chi connectivity index (χ0v) is 17.4. The first-order valence-corrected chi connectivity index (χ1v) is 9.97. The Balaban J connectivity index is 1.75. The molecule has 2 aromatic rings. The number of rotatable bonds is 9. The van der Waals surface area contributed by atoms with Crippen LogP contribution in [-0.4, -0.2) is 41.2 Å². The summed E-state index contributed by atoms with van der Waals surface area (Å²) in [7, 11) is 0. The van der Waals surface area contributed by atoms with E-state index in [2.05, 4.69) is 0 Å². The van der Waals surface area contributed by atoms with Crippen LogP contribution in [0.5, 0.6) is 5.75 Å². The van der Waals surface area contributed by atoms with Gasteiger partial charge in [-0.2, -0.15) is 0 Å². The van der Waals surface area contributed by atoms with E-state index in [1.165, 1.54) is 0 Å². The van der Waals surface area contributed by atoms with Crippen molar-refractivity contribution >= 4 is 23.7 Å². The van der Waals surface area contributed by atoms with E-state index >= 15 is 0 Å². The third-order valence-electron chi connectivity index (χ3n) is 5.19. The second-order valence-corrected chi connectivity index (χ2v) is 7.37. The minimum Gasteiger partial charge on any atom is -0.484 e. The molecule has 0 radical (unpaired) electrons. The molecule has 0 saturated heterocycles. The van der Waals surface area contributed by atoms with Crippen LogP contribution in [0.15, 0.2) is 48.5 Å². The largest absolute Gasteiger partial charge is 0.484 e. The first kappa shape index (κ1) is 22.0. The minimum absolute atomic E-state index is 0.0806. The van der Waals surface area contributed by atoms with Crippen LogP contribution in [0.4, 0.5) is 0 Å². The molecule has 1 aliphatic heterocycles. The SMILES string of the molecule is CC[C@H](C)[C@@H](C(=O)OCc1cccc(OCC(N)=O)c1)N1C(=O)c2ccccc2C1=O. The van der Waals surface area contributed by atoms with E-state index in [4.69, 9.17) is 15.2 Å². The number of benzene rings is 2. The second-order valence-electron chi connectivity index (χ2n) is 7.37. The number of hydrogen-bond donors (Lipinski definition) is 1. The lowest BCUT2D eigenvalue weighted by Gasteiger charge is -2.29. The summed E-state index contributed by atoms with van der Waals surface area (Å²) in [6, 6.07) is 12.2. The van der Waals surface area contributed by atoms with Crippen LogP contribution in [0, 0.1) is 5.92 Å². The number of carbonyl (C=O) groups is 4. The van der Waals surface area contributed by atoms with Crippen LogP contribution in [0.2, 0.25) is 0 Å². The van der Waals surface area contributed by atoms with Crippen molar-refractivity contribution in [1.82, 2.24) is 4.90 Å². The number of esters is 1. The summed E-state index contributed by atoms with van der Waals surface area (Å²) in [5.41, 5.74) is 6.27. The van der Waals surface area contributed by atoms with Crippen molar-refractivity contribution in [1.29, 1.82) is 0 Å². The van der Waals surface area contributed by atoms with Gasteiger partial charge in [0, 0.05) is 0 Å². The van der Waals surface area contributed by atoms with Gasteiger partial charge in [0.1, 0.15) is 18.4 Å². The smallest absolute Gasteiger partial charge is 0.329 e. The number of imide groups is 1. The molecule has 0 bridgehead atoms. The maximum absolute atomic E-state index is 13.0. The fourth-order valence-corrected chi connectivity index (χ4v) is 3.40. The van der Waals surface area contributed by atoms with Gasteiger partial charge in [-0.3, -0.25) is 19.3 Å². The maximum Gasteiger partial charge on any atom is 0.329 e. The summed E-state index contributed by atoms with van der Waals surface area (Å²) in [6.45, 7) is 3.33. The van der Waals surface area contributed by atoms with Gasteiger partial charge < -0.3 is 15.2 Å². The molecule has 0 spiro atoms. The molecule has 3 amide bonds. The van der Waals surface area contributed by atoms with Gasteiger partial charge in [-0.25, -0.2) is 4.79 Å². The van der Waals surface area contributed by atoms with Gasteiger partial charge in [-0.1, -0.05) is 44.5 Å². The molecule has 0 aromatic heterocycles. The first-order chi connectivity index (χ1) is 14.8. The normalized spacial score (nSPS) is 14.7. The zero-order chi connectivity index (χ0) is 22.5. The van der Waals surface area contributed by atoms with Gasteiger partial charge in [0.15, 0.2) is 6.61 Å². The Hall–Kier alpha value is -3.68. The third kappa shape index (κ3) is 4.74. The zero-order valence-electron chi connectivity index (χ0n) is 17.4. The number of fused-ring (bicyclic) bond motifs is 1. The third-order valence-corrected chi connectivity index (χ3v) is 5.19. The van der Waals surface area contributed by atoms with Crippen LogP contribution in [-0.2, 0) is 20.9 Å². The van der Waals surface area contributed by atoms with Crippen molar-refractivity contribution in [3.05, 3.63) is 65.2 Å². The predicted octanol–water partition coefficient (Wildman–Crippen LogP) is 2.30. The predicted molar refractivity (Wildman–Crippen MR) is 111 cm³/mol. The van der Waals surface area contributed by atoms with Gasteiger partial charge in [0.2, 0.25) is 0 Å². The first-order valence-electron chi connectivity index (χ1n) is 9.97. The van der Waals surface area contributed by atoms with Gasteiger partial charge >= 0.3 is 5.97 Å². The van der Waals surface area contributed by atoms with E-state index < -0.39 is 29.7 Å². The fraction of sp³-hybridized carbons (Fsp3) is 0.304. The van der Waals surface area contributed by atoms with E-state index in [0.717, 1.165) is 4.90 Å². The number of amides is 3. The molecule has 8 nitrogen and oxygen atoms in total. The quantitative estimate of drug-likeness (QED) is 0.488. The van der Waals surface area contributed by atoms with Crippen molar-refractivity contribution in [2.75, 3.05) is 6.61 Å². The highest BCUT2D eigenvalue weighted by Gasteiger charge is 2.45. The highest BCUT2D eigenvalue weighted by Crippen LogP contribution is 2.29. The summed E-state index contributed by atoms with van der Waals surface area (Å²) < 4.78 is 10.7. The summed E-state index contributed by atoms with van der Waals surface area (Å²) in [5, 5.41) is 0. The standard InChI is InChI=1S/C23H24N2O6/c1-3-14(2)20(25-21(27)17-9-4-5-10-18(17)22(25)28)23(29)31-12-15-7-6-8-16(11-15)30-13-19(24)26/h4-11,14,20H,3,12-13H2,1-2H3,(H2,24,26)/t14-,20-/m0/s1. The maximum atomic E-state index is 13.0. The molecule has 8 heteroatoms. The molecule has 2 N–H and O–H groups in total. The molecule has 162 valence electrons. The van der Waals surface area contributed by atoms with Crippen LogP contribution < -0.4 is 10.5 Å². The van der Waals surface area contributed by atoms with Gasteiger partial charge in [0.05, 0.1) is 11.1 Å². The Morgan fingerprint density at radius 3 is 2.26 bits per heavy atom. The number of ether oxygens (including phenoxy) is 2. The summed E-state index contributed by atoms with van der Waals surface area (Å²) in [5.74, 6) is -2.14. The van der Waals surface area contributed by atoms with E-state index in [1.807, 2.05) is 6.92 Å². The molecular weight excluding hydrogens is 400 g/mol. The molecular formula is C23H24N2O6. The Labute approximate surface area is 179 Å². The molecule has 0 unspecified atom stereocenters. The van der Waals surface area contributed by atoms with Crippen molar-refractivity contribution in [3.8, 4) is 5.75 Å². The molecule has 1 heterocycles. The number of carbonyl (C=O) groups excluding carboxylic acids is 4. The van der Waals surface area contributed by atoms with Crippen LogP contribution >= 0.6 is 0 Å². The second kappa shape index (κ2) is 9.42. The molecule has 2 atom stereocenters. The molecule has 0 fully saturated rings. The Bertz CT molecular complexity index is 984. The monoisotopic (exact) mass is 424 g/mol. The number of primary amides is 1. The van der Waals surface area contributed by atoms with Gasteiger partial charge in [-0.15, -0.1) is 0 Å². The number of hydrogen-bond acceptors (Lipinski definition) is 6. The Morgan fingerprint density at radius 2 is 1.68 bits per heavy atom. The summed E-state index contributed by atoms with van der Waals surface area (Å²) in [4.78, 5) is 50.6. The molecule has 0 aliphatic carbocycles. The lowest BCUT2D eigenvalue weighted by atomic mass is 9.97. The molecule has 1 aliphatic rings. The average Bonchev–Trinajstić information content (AvgIpc) is 3.02. The van der Waals surface area contributed by atoms with Crippen LogP contribution in [0.25, 0.3) is 0 Å². The topological polar surface area (TPSA) is 116 Å². The van der Waals surface area contributed by atoms with E-state index in [9.17, 15) is 19.2 Å². The molecule has 31 heavy (non-hydrogen) atoms. The van der Waals surface area contributed by atoms with Crippen molar-refractivity contribution in [2.24, 2.45) is 11.7 Å². The summed E-state index contributed by atoms with van der Waals surface area (Å²) in [6.07, 6.45) is 0.573. The fourth-order valence-electron chi connectivity index (χ4n) is 3.40. The van der Waals surface area contributed by atoms with E-state index in [0.29, 0.717) is 17.7 Å². The average molecular weight is 424 g/mol. The lowest BCUT2D eigenvalue weighted by molar-refractivity contribution is -0.151. The Morgan fingerprint density at radius 1 is 1.03 bits per heavy atom. The van der Waals surface area contributed by atoms with Crippen molar-refractivity contribution in [2.45, 2.75) is 32.9 Å². The highest BCUT2D eigenvalue weighted by molar-refractivity contribution is 6.22. The van der Waals surface area contributed by atoms with E-state index in [-0.39, 0.29) is 30.3 Å². The van der Waals surface area contributed by atoms with Crippen molar-refractivity contribution < 1.29 is 28.7 Å². The molecule has 0 saturated carbocycles. The van der Waals surface area contributed by atoms with Gasteiger partial charge in [-0.05, 0) is 35.7 Å². The number of nitrogens with two attached hydrogens (primary N) is 1. The van der Waals surface area contributed by atoms with Crippen LogP contribution in [0.3, 0.4) is 0 Å². The Kier molecular flexibility index (Phi) is 6.69. The number of nitrogens with zero attached hydrogens (tertiary/aromatic N) is 1. The van der Waals surface area contributed by atoms with Crippen molar-refractivity contribution in [3.63, 3.8) is 0 Å². The lowest BCUT2D eigenvalue weighted by Crippen LogP contribution is -2.49. The van der Waals surface area contributed by atoms with E-state index in [1.54, 1.807) is 55.5 Å².